The van der Waals surface area contributed by atoms with E-state index >= 15 is 0 Å². The first kappa shape index (κ1) is 21.1. The number of amides is 2. The van der Waals surface area contributed by atoms with Crippen LogP contribution < -0.4 is 10.2 Å². The van der Waals surface area contributed by atoms with Crippen LogP contribution in [0.5, 0.6) is 0 Å². The molecule has 0 aliphatic heterocycles. The van der Waals surface area contributed by atoms with Crippen molar-refractivity contribution in [2.75, 3.05) is 23.4 Å². The Labute approximate surface area is 167 Å². The number of benzene rings is 2. The van der Waals surface area contributed by atoms with Gasteiger partial charge < -0.3 is 15.0 Å². The Balaban J connectivity index is 1.96. The lowest BCUT2D eigenvalue weighted by molar-refractivity contribution is -0.121. The van der Waals surface area contributed by atoms with E-state index in [1.807, 2.05) is 12.1 Å². The highest BCUT2D eigenvalue weighted by molar-refractivity contribution is 5.97. The highest BCUT2D eigenvalue weighted by atomic mass is 16.5. The summed E-state index contributed by atoms with van der Waals surface area (Å²) >= 11 is 0. The third-order valence-corrected chi connectivity index (χ3v) is 3.79. The van der Waals surface area contributed by atoms with Gasteiger partial charge in [-0.3, -0.25) is 9.59 Å². The molecule has 8 nitrogen and oxygen atoms in total. The molecule has 2 amide bonds. The molecule has 146 valence electrons. The van der Waals surface area contributed by atoms with Crippen LogP contribution in [0.15, 0.2) is 54.6 Å². The van der Waals surface area contributed by atoms with Crippen molar-refractivity contribution in [2.24, 2.45) is 0 Å². The van der Waals surface area contributed by atoms with Gasteiger partial charge in [-0.2, -0.15) is 10.5 Å². The van der Waals surface area contributed by atoms with Crippen molar-refractivity contribution in [1.29, 1.82) is 10.5 Å². The third-order valence-electron chi connectivity index (χ3n) is 3.79. The Kier molecular flexibility index (Phi) is 7.91. The number of nitrogens with zero attached hydrogens (tertiary/aromatic N) is 3. The molecule has 0 heterocycles. The molecule has 8 heteroatoms. The van der Waals surface area contributed by atoms with Crippen molar-refractivity contribution < 1.29 is 19.1 Å². The zero-order valence-electron chi connectivity index (χ0n) is 15.5. The molecule has 0 spiro atoms. The topological polar surface area (TPSA) is 123 Å². The summed E-state index contributed by atoms with van der Waals surface area (Å²) in [5.74, 6) is -1.59. The monoisotopic (exact) mass is 390 g/mol. The number of nitriles is 2. The number of nitrogens with one attached hydrogen (secondary N) is 1. The molecule has 2 aromatic carbocycles. The van der Waals surface area contributed by atoms with E-state index in [9.17, 15) is 14.4 Å². The number of esters is 1. The minimum absolute atomic E-state index is 0.146. The molecule has 29 heavy (non-hydrogen) atoms. The van der Waals surface area contributed by atoms with Crippen LogP contribution in [0.2, 0.25) is 0 Å². The largest absolute Gasteiger partial charge is 0.452 e. The number of carbonyl (C=O) groups excluding carboxylic acids is 3. The van der Waals surface area contributed by atoms with Gasteiger partial charge in [-0.1, -0.05) is 18.2 Å². The normalized spacial score (nSPS) is 9.59. The van der Waals surface area contributed by atoms with Crippen molar-refractivity contribution in [1.82, 2.24) is 0 Å². The fraction of sp³-hybridized carbons (Fsp3) is 0.190. The first-order valence-electron chi connectivity index (χ1n) is 8.71. The number of para-hydroxylation sites is 1. The van der Waals surface area contributed by atoms with E-state index in [0.29, 0.717) is 11.4 Å². The van der Waals surface area contributed by atoms with E-state index in [1.165, 1.54) is 29.2 Å². The second kappa shape index (κ2) is 10.9. The zero-order valence-corrected chi connectivity index (χ0v) is 15.5. The van der Waals surface area contributed by atoms with Gasteiger partial charge in [0.15, 0.2) is 6.61 Å². The van der Waals surface area contributed by atoms with Gasteiger partial charge >= 0.3 is 5.97 Å². The van der Waals surface area contributed by atoms with Crippen molar-refractivity contribution in [3.63, 3.8) is 0 Å². The second-order valence-corrected chi connectivity index (χ2v) is 5.83. The Hall–Kier alpha value is -4.17. The van der Waals surface area contributed by atoms with Gasteiger partial charge in [-0.05, 0) is 36.4 Å². The van der Waals surface area contributed by atoms with E-state index in [-0.39, 0.29) is 24.9 Å². The molecule has 0 atom stereocenters. The lowest BCUT2D eigenvalue weighted by Gasteiger charge is -2.21. The quantitative estimate of drug-likeness (QED) is 0.691. The summed E-state index contributed by atoms with van der Waals surface area (Å²) in [6.45, 7) is -0.284. The zero-order chi connectivity index (χ0) is 21.1. The predicted octanol–water partition coefficient (Wildman–Crippen LogP) is 2.64. The van der Waals surface area contributed by atoms with E-state index in [4.69, 9.17) is 15.3 Å². The van der Waals surface area contributed by atoms with Gasteiger partial charge in [0.1, 0.15) is 6.42 Å². The fourth-order valence-corrected chi connectivity index (χ4v) is 2.42. The van der Waals surface area contributed by atoms with E-state index in [0.717, 1.165) is 0 Å². The first-order chi connectivity index (χ1) is 14.0. The van der Waals surface area contributed by atoms with E-state index < -0.39 is 24.4 Å². The molecular formula is C21H18N4O4. The Morgan fingerprint density at radius 3 is 2.28 bits per heavy atom. The molecule has 0 unspecified atom stereocenters. The Morgan fingerprint density at radius 2 is 1.66 bits per heavy atom. The number of carbonyl (C=O) groups is 3. The fourth-order valence-electron chi connectivity index (χ4n) is 2.42. The average molecular weight is 390 g/mol. The summed E-state index contributed by atoms with van der Waals surface area (Å²) in [6, 6.07) is 18.4. The predicted molar refractivity (Wildman–Crippen MR) is 105 cm³/mol. The van der Waals surface area contributed by atoms with Crippen LogP contribution in [-0.4, -0.2) is 30.9 Å². The van der Waals surface area contributed by atoms with Crippen LogP contribution in [0, 0.1) is 22.7 Å². The third kappa shape index (κ3) is 6.49. The van der Waals surface area contributed by atoms with Crippen LogP contribution in [0.1, 0.15) is 23.2 Å². The molecule has 0 aliphatic carbocycles. The van der Waals surface area contributed by atoms with Crippen LogP contribution in [-0.2, 0) is 14.3 Å². The summed E-state index contributed by atoms with van der Waals surface area (Å²) < 4.78 is 5.09. The molecule has 0 aliphatic rings. The first-order valence-corrected chi connectivity index (χ1v) is 8.71. The SMILES string of the molecule is N#CCCN(C(=O)COC(=O)c1ccc(NC(=O)CC#N)cc1)c1ccccc1. The van der Waals surface area contributed by atoms with E-state index in [1.54, 1.807) is 30.3 Å². The van der Waals surface area contributed by atoms with Gasteiger partial charge in [-0.15, -0.1) is 0 Å². The lowest BCUT2D eigenvalue weighted by Crippen LogP contribution is -2.35. The van der Waals surface area contributed by atoms with Crippen LogP contribution in [0.3, 0.4) is 0 Å². The number of hydrogen-bond acceptors (Lipinski definition) is 6. The maximum Gasteiger partial charge on any atom is 0.338 e. The summed E-state index contributed by atoms with van der Waals surface area (Å²) in [7, 11) is 0. The summed E-state index contributed by atoms with van der Waals surface area (Å²) in [5.41, 5.74) is 1.25. The minimum atomic E-state index is -0.693. The van der Waals surface area contributed by atoms with Crippen LogP contribution >= 0.6 is 0 Å². The van der Waals surface area contributed by atoms with Gasteiger partial charge in [0, 0.05) is 17.9 Å². The van der Waals surface area contributed by atoms with Gasteiger partial charge in [-0.25, -0.2) is 4.79 Å². The molecule has 0 saturated carbocycles. The van der Waals surface area contributed by atoms with Crippen LogP contribution in [0.25, 0.3) is 0 Å². The summed E-state index contributed by atoms with van der Waals surface area (Å²) in [5, 5.41) is 19.8. The highest BCUT2D eigenvalue weighted by Crippen LogP contribution is 2.15. The van der Waals surface area contributed by atoms with Crippen molar-refractivity contribution >= 4 is 29.2 Å². The molecular weight excluding hydrogens is 372 g/mol. The Morgan fingerprint density at radius 1 is 0.966 bits per heavy atom. The summed E-state index contributed by atoms with van der Waals surface area (Å²) in [6.07, 6.45) is -0.122. The average Bonchev–Trinajstić information content (AvgIpc) is 2.73. The van der Waals surface area contributed by atoms with Crippen molar-refractivity contribution in [3.8, 4) is 12.1 Å². The maximum atomic E-state index is 12.5. The molecule has 0 saturated heterocycles. The molecule has 2 rings (SSSR count). The number of rotatable bonds is 8. The summed E-state index contributed by atoms with van der Waals surface area (Å²) in [4.78, 5) is 37.4. The van der Waals surface area contributed by atoms with Gasteiger partial charge in [0.25, 0.3) is 5.91 Å². The molecule has 1 N–H and O–H groups in total. The molecule has 0 bridgehead atoms. The van der Waals surface area contributed by atoms with E-state index in [2.05, 4.69) is 5.32 Å². The molecule has 0 fully saturated rings. The molecule has 2 aromatic rings. The lowest BCUT2D eigenvalue weighted by atomic mass is 10.2. The Bertz CT molecular complexity index is 943. The minimum Gasteiger partial charge on any atom is -0.452 e. The molecule has 0 radical (unpaired) electrons. The number of anilines is 2. The van der Waals surface area contributed by atoms with Crippen molar-refractivity contribution in [3.05, 3.63) is 60.2 Å². The highest BCUT2D eigenvalue weighted by Gasteiger charge is 2.18. The molecule has 0 aromatic heterocycles. The van der Waals surface area contributed by atoms with Gasteiger partial charge in [0.2, 0.25) is 5.91 Å². The standard InChI is InChI=1S/C21H18N4O4/c22-12-4-14-25(18-5-2-1-3-6-18)20(27)15-29-21(28)16-7-9-17(10-8-16)24-19(26)11-13-23/h1-3,5-10H,4,11,14-15H2,(H,24,26). The smallest absolute Gasteiger partial charge is 0.338 e. The number of hydrogen-bond donors (Lipinski definition) is 1. The second-order valence-electron chi connectivity index (χ2n) is 5.83. The number of ether oxygens (including phenoxy) is 1. The van der Waals surface area contributed by atoms with Crippen LogP contribution in [0.4, 0.5) is 11.4 Å². The van der Waals surface area contributed by atoms with Crippen molar-refractivity contribution in [2.45, 2.75) is 12.8 Å². The maximum absolute atomic E-state index is 12.5. The van der Waals surface area contributed by atoms with Gasteiger partial charge in [0.05, 0.1) is 24.1 Å².